The maximum atomic E-state index is 12.2. The molecule has 0 spiro atoms. The minimum absolute atomic E-state index is 0.0483. The number of halogens is 1. The number of carbonyl (C=O) groups excluding carboxylic acids is 2. The van der Waals surface area contributed by atoms with Gasteiger partial charge in [0, 0.05) is 16.1 Å². The number of fused-ring (bicyclic) bond motifs is 1. The maximum Gasteiger partial charge on any atom is 0.251 e. The van der Waals surface area contributed by atoms with E-state index in [0.29, 0.717) is 16.1 Å². The summed E-state index contributed by atoms with van der Waals surface area (Å²) in [5.74, 6) is -0.422. The first-order chi connectivity index (χ1) is 11.1. The molecule has 0 radical (unpaired) electrons. The van der Waals surface area contributed by atoms with Gasteiger partial charge in [0.15, 0.2) is 5.78 Å². The number of hydrogen-bond donors (Lipinski definition) is 1. The zero-order chi connectivity index (χ0) is 16.2. The summed E-state index contributed by atoms with van der Waals surface area (Å²) in [6.07, 6.45) is 0. The van der Waals surface area contributed by atoms with Crippen LogP contribution in [0.2, 0.25) is 5.02 Å². The Morgan fingerprint density at radius 1 is 0.826 bits per heavy atom. The number of hydrogen-bond acceptors (Lipinski definition) is 2. The molecule has 0 fully saturated rings. The van der Waals surface area contributed by atoms with Crippen molar-refractivity contribution in [3.63, 3.8) is 0 Å². The number of carbonyl (C=O) groups is 2. The van der Waals surface area contributed by atoms with Gasteiger partial charge in [0.1, 0.15) is 0 Å². The third-order valence-electron chi connectivity index (χ3n) is 3.59. The van der Waals surface area contributed by atoms with Gasteiger partial charge in [-0.15, -0.1) is 0 Å². The number of rotatable bonds is 4. The first kappa shape index (κ1) is 15.3. The Morgan fingerprint density at radius 2 is 1.48 bits per heavy atom. The molecule has 23 heavy (non-hydrogen) atoms. The van der Waals surface area contributed by atoms with Crippen molar-refractivity contribution in [3.05, 3.63) is 82.9 Å². The maximum absolute atomic E-state index is 12.2. The molecule has 0 aliphatic heterocycles. The smallest absolute Gasteiger partial charge is 0.251 e. The number of Topliss-reactive ketones (excluding diaryl/α,β-unsaturated/α-hetero) is 1. The van der Waals surface area contributed by atoms with Crippen LogP contribution in [0.25, 0.3) is 10.8 Å². The van der Waals surface area contributed by atoms with E-state index in [0.717, 1.165) is 10.8 Å². The monoisotopic (exact) mass is 323 g/mol. The van der Waals surface area contributed by atoms with Crippen LogP contribution in [0.1, 0.15) is 20.7 Å². The van der Waals surface area contributed by atoms with Gasteiger partial charge in [-0.2, -0.15) is 0 Å². The van der Waals surface area contributed by atoms with Crippen LogP contribution in [-0.2, 0) is 0 Å². The van der Waals surface area contributed by atoms with Crippen LogP contribution in [0.15, 0.2) is 66.7 Å². The van der Waals surface area contributed by atoms with Crippen LogP contribution in [0, 0.1) is 0 Å². The van der Waals surface area contributed by atoms with Crippen LogP contribution in [0.5, 0.6) is 0 Å². The predicted octanol–water partition coefficient (Wildman–Crippen LogP) is 4.11. The molecule has 114 valence electrons. The van der Waals surface area contributed by atoms with E-state index in [1.165, 1.54) is 0 Å². The molecule has 1 amide bonds. The van der Waals surface area contributed by atoms with Gasteiger partial charge in [-0.3, -0.25) is 9.59 Å². The lowest BCUT2D eigenvalue weighted by atomic mass is 10.1. The lowest BCUT2D eigenvalue weighted by molar-refractivity contribution is 0.0904. The highest BCUT2D eigenvalue weighted by molar-refractivity contribution is 6.30. The van der Waals surface area contributed by atoms with Gasteiger partial charge < -0.3 is 5.32 Å². The first-order valence-electron chi connectivity index (χ1n) is 7.19. The fourth-order valence-electron chi connectivity index (χ4n) is 2.33. The molecule has 3 aromatic carbocycles. The second-order valence-corrected chi connectivity index (χ2v) is 5.61. The van der Waals surface area contributed by atoms with E-state index >= 15 is 0 Å². The number of amides is 1. The van der Waals surface area contributed by atoms with Crippen LogP contribution >= 0.6 is 11.6 Å². The van der Waals surface area contributed by atoms with Crippen LogP contribution < -0.4 is 5.32 Å². The van der Waals surface area contributed by atoms with Crippen molar-refractivity contribution in [3.8, 4) is 0 Å². The lowest BCUT2D eigenvalue weighted by Gasteiger charge is -2.06. The standard InChI is InChI=1S/C19H14ClNO2/c20-17-9-7-14(8-10-17)18(22)12-21-19(23)16-6-5-13-3-1-2-4-15(13)11-16/h1-11H,12H2,(H,21,23). The quantitative estimate of drug-likeness (QED) is 0.734. The summed E-state index contributed by atoms with van der Waals surface area (Å²) in [5.41, 5.74) is 1.06. The molecular weight excluding hydrogens is 310 g/mol. The molecule has 0 aliphatic carbocycles. The fraction of sp³-hybridized carbons (Fsp3) is 0.0526. The predicted molar refractivity (Wildman–Crippen MR) is 92.1 cm³/mol. The summed E-state index contributed by atoms with van der Waals surface area (Å²) in [7, 11) is 0. The zero-order valence-electron chi connectivity index (χ0n) is 12.3. The van der Waals surface area contributed by atoms with E-state index in [1.807, 2.05) is 36.4 Å². The molecule has 0 aromatic heterocycles. The van der Waals surface area contributed by atoms with Gasteiger partial charge in [0.05, 0.1) is 6.54 Å². The fourth-order valence-corrected chi connectivity index (χ4v) is 2.46. The Kier molecular flexibility index (Phi) is 4.40. The van der Waals surface area contributed by atoms with Crippen molar-refractivity contribution in [1.29, 1.82) is 0 Å². The van der Waals surface area contributed by atoms with Crippen molar-refractivity contribution in [2.24, 2.45) is 0 Å². The van der Waals surface area contributed by atoms with Gasteiger partial charge in [0.2, 0.25) is 0 Å². The second kappa shape index (κ2) is 6.63. The number of ketones is 1. The van der Waals surface area contributed by atoms with Crippen LogP contribution in [-0.4, -0.2) is 18.2 Å². The summed E-state index contributed by atoms with van der Waals surface area (Å²) in [4.78, 5) is 24.2. The molecule has 0 saturated carbocycles. The highest BCUT2D eigenvalue weighted by atomic mass is 35.5. The minimum atomic E-state index is -0.266. The van der Waals surface area contributed by atoms with E-state index in [1.54, 1.807) is 30.3 Å². The van der Waals surface area contributed by atoms with Crippen molar-refractivity contribution in [2.45, 2.75) is 0 Å². The van der Waals surface area contributed by atoms with Crippen molar-refractivity contribution < 1.29 is 9.59 Å². The molecular formula is C19H14ClNO2. The summed E-state index contributed by atoms with van der Waals surface area (Å²) in [6, 6.07) is 19.9. The largest absolute Gasteiger partial charge is 0.345 e. The Hall–Kier alpha value is -2.65. The molecule has 4 heteroatoms. The SMILES string of the molecule is O=C(CNC(=O)c1ccc2ccccc2c1)c1ccc(Cl)cc1. The third-order valence-corrected chi connectivity index (χ3v) is 3.84. The Labute approximate surface area is 138 Å². The van der Waals surface area contributed by atoms with Crippen molar-refractivity contribution >= 4 is 34.1 Å². The lowest BCUT2D eigenvalue weighted by Crippen LogP contribution is -2.29. The first-order valence-corrected chi connectivity index (χ1v) is 7.57. The molecule has 0 heterocycles. The molecule has 0 atom stereocenters. The highest BCUT2D eigenvalue weighted by Gasteiger charge is 2.10. The minimum Gasteiger partial charge on any atom is -0.345 e. The summed E-state index contributed by atoms with van der Waals surface area (Å²) in [6.45, 7) is -0.0483. The second-order valence-electron chi connectivity index (χ2n) is 5.17. The molecule has 3 aromatic rings. The number of nitrogens with one attached hydrogen (secondary N) is 1. The average molecular weight is 324 g/mol. The molecule has 0 aliphatic rings. The summed E-state index contributed by atoms with van der Waals surface area (Å²) < 4.78 is 0. The molecule has 0 bridgehead atoms. The summed E-state index contributed by atoms with van der Waals surface area (Å²) >= 11 is 5.79. The van der Waals surface area contributed by atoms with Gasteiger partial charge in [-0.05, 0) is 47.2 Å². The van der Waals surface area contributed by atoms with E-state index in [2.05, 4.69) is 5.32 Å². The van der Waals surface area contributed by atoms with Gasteiger partial charge >= 0.3 is 0 Å². The van der Waals surface area contributed by atoms with E-state index in [9.17, 15) is 9.59 Å². The van der Waals surface area contributed by atoms with Gasteiger partial charge in [-0.25, -0.2) is 0 Å². The number of benzene rings is 3. The van der Waals surface area contributed by atoms with E-state index in [4.69, 9.17) is 11.6 Å². The highest BCUT2D eigenvalue weighted by Crippen LogP contribution is 2.15. The van der Waals surface area contributed by atoms with Gasteiger partial charge in [-0.1, -0.05) is 41.9 Å². The van der Waals surface area contributed by atoms with Crippen LogP contribution in [0.4, 0.5) is 0 Å². The molecule has 3 nitrogen and oxygen atoms in total. The van der Waals surface area contributed by atoms with E-state index < -0.39 is 0 Å². The third kappa shape index (κ3) is 3.58. The Morgan fingerprint density at radius 3 is 2.22 bits per heavy atom. The Balaban J connectivity index is 1.68. The molecule has 3 rings (SSSR count). The van der Waals surface area contributed by atoms with Crippen LogP contribution in [0.3, 0.4) is 0 Å². The summed E-state index contributed by atoms with van der Waals surface area (Å²) in [5, 5.41) is 5.29. The van der Waals surface area contributed by atoms with Crippen molar-refractivity contribution in [2.75, 3.05) is 6.54 Å². The molecule has 1 N–H and O–H groups in total. The molecule has 0 unspecified atom stereocenters. The zero-order valence-corrected chi connectivity index (χ0v) is 13.0. The molecule has 0 saturated heterocycles. The topological polar surface area (TPSA) is 46.2 Å². The van der Waals surface area contributed by atoms with Crippen molar-refractivity contribution in [1.82, 2.24) is 5.32 Å². The normalized spacial score (nSPS) is 10.5. The Bertz CT molecular complexity index is 872. The average Bonchev–Trinajstić information content (AvgIpc) is 2.59. The van der Waals surface area contributed by atoms with E-state index in [-0.39, 0.29) is 18.2 Å². The van der Waals surface area contributed by atoms with Gasteiger partial charge in [0.25, 0.3) is 5.91 Å².